The number of thiophene rings is 1. The van der Waals surface area contributed by atoms with Gasteiger partial charge in [-0.05, 0) is 57.2 Å². The molecule has 0 spiro atoms. The van der Waals surface area contributed by atoms with E-state index in [-0.39, 0.29) is 24.0 Å². The molecule has 1 saturated carbocycles. The fourth-order valence-corrected chi connectivity index (χ4v) is 4.12. The molecule has 1 aliphatic heterocycles. The molecule has 1 atom stereocenters. The molecule has 1 aromatic heterocycles. The maximum absolute atomic E-state index is 4.75. The van der Waals surface area contributed by atoms with Crippen molar-refractivity contribution in [3.05, 3.63) is 21.9 Å². The third kappa shape index (κ3) is 5.88. The molecule has 24 heavy (non-hydrogen) atoms. The smallest absolute Gasteiger partial charge is 0.191 e. The van der Waals surface area contributed by atoms with E-state index >= 15 is 0 Å². The van der Waals surface area contributed by atoms with Gasteiger partial charge in [0.2, 0.25) is 0 Å². The fourth-order valence-electron chi connectivity index (χ4n) is 3.24. The zero-order valence-electron chi connectivity index (χ0n) is 14.9. The number of aryl methyl sites for hydroxylation is 1. The average Bonchev–Trinajstić information content (AvgIpc) is 3.13. The minimum Gasteiger partial charge on any atom is -0.357 e. The molecule has 3 rings (SSSR count). The first-order valence-corrected chi connectivity index (χ1v) is 9.94. The van der Waals surface area contributed by atoms with Crippen molar-refractivity contribution in [3.8, 4) is 0 Å². The van der Waals surface area contributed by atoms with Crippen LogP contribution in [0.5, 0.6) is 0 Å². The predicted octanol–water partition coefficient (Wildman–Crippen LogP) is 3.47. The molecule has 2 fully saturated rings. The molecule has 0 bridgehead atoms. The number of rotatable bonds is 7. The number of likely N-dealkylation sites (tertiary alicyclic amines) is 1. The highest BCUT2D eigenvalue weighted by atomic mass is 127. The van der Waals surface area contributed by atoms with Gasteiger partial charge in [0.05, 0.1) is 6.54 Å². The molecule has 0 radical (unpaired) electrons. The molecule has 2 N–H and O–H groups in total. The quantitative estimate of drug-likeness (QED) is 0.371. The van der Waals surface area contributed by atoms with Gasteiger partial charge in [-0.15, -0.1) is 35.3 Å². The standard InChI is InChI=1S/C18H30N4S.HI/c1-3-16-7-8-17(23-16)12-21-18(19-4-2)20-11-14-9-10-22(13-14)15-5-6-15;/h7-8,14-15H,3-6,9-13H2,1-2H3,(H2,19,20,21);1H. The van der Waals surface area contributed by atoms with Gasteiger partial charge in [0.1, 0.15) is 0 Å². The number of guanidine groups is 1. The van der Waals surface area contributed by atoms with E-state index in [2.05, 4.69) is 41.5 Å². The predicted molar refractivity (Wildman–Crippen MR) is 115 cm³/mol. The van der Waals surface area contributed by atoms with Crippen molar-refractivity contribution in [2.75, 3.05) is 26.2 Å². The van der Waals surface area contributed by atoms with E-state index < -0.39 is 0 Å². The van der Waals surface area contributed by atoms with Crippen LogP contribution in [-0.4, -0.2) is 43.1 Å². The van der Waals surface area contributed by atoms with Crippen LogP contribution in [0.4, 0.5) is 0 Å². The monoisotopic (exact) mass is 462 g/mol. The Hall–Kier alpha value is -0.340. The summed E-state index contributed by atoms with van der Waals surface area (Å²) in [6.07, 6.45) is 5.29. The van der Waals surface area contributed by atoms with Crippen LogP contribution in [0.3, 0.4) is 0 Å². The van der Waals surface area contributed by atoms with Crippen molar-refractivity contribution in [1.82, 2.24) is 15.5 Å². The summed E-state index contributed by atoms with van der Waals surface area (Å²) in [4.78, 5) is 10.2. The zero-order chi connectivity index (χ0) is 16.1. The van der Waals surface area contributed by atoms with E-state index in [4.69, 9.17) is 4.99 Å². The lowest BCUT2D eigenvalue weighted by atomic mass is 10.1. The third-order valence-corrected chi connectivity index (χ3v) is 5.96. The largest absolute Gasteiger partial charge is 0.357 e. The van der Waals surface area contributed by atoms with Crippen LogP contribution in [0.25, 0.3) is 0 Å². The van der Waals surface area contributed by atoms with Crippen molar-refractivity contribution >= 4 is 41.3 Å². The summed E-state index contributed by atoms with van der Waals surface area (Å²) in [5.74, 6) is 1.73. The molecule has 0 amide bonds. The van der Waals surface area contributed by atoms with E-state index in [1.807, 2.05) is 11.3 Å². The highest BCUT2D eigenvalue weighted by Gasteiger charge is 2.34. The second-order valence-electron chi connectivity index (χ2n) is 6.68. The number of nitrogens with one attached hydrogen (secondary N) is 2. The molecule has 6 heteroatoms. The Morgan fingerprint density at radius 2 is 2.00 bits per heavy atom. The van der Waals surface area contributed by atoms with Gasteiger partial charge >= 0.3 is 0 Å². The van der Waals surface area contributed by atoms with Crippen LogP contribution in [0, 0.1) is 5.92 Å². The van der Waals surface area contributed by atoms with E-state index in [1.54, 1.807) is 0 Å². The lowest BCUT2D eigenvalue weighted by Crippen LogP contribution is -2.40. The molecule has 1 saturated heterocycles. The number of nitrogens with zero attached hydrogens (tertiary/aromatic N) is 2. The van der Waals surface area contributed by atoms with Gasteiger partial charge in [-0.3, -0.25) is 0 Å². The first-order chi connectivity index (χ1) is 11.3. The van der Waals surface area contributed by atoms with Crippen LogP contribution in [0.1, 0.15) is 42.9 Å². The van der Waals surface area contributed by atoms with Crippen molar-refractivity contribution in [3.63, 3.8) is 0 Å². The number of hydrogen-bond acceptors (Lipinski definition) is 3. The normalized spacial score (nSPS) is 21.6. The number of hydrogen-bond donors (Lipinski definition) is 2. The molecule has 1 unspecified atom stereocenters. The van der Waals surface area contributed by atoms with Crippen molar-refractivity contribution in [1.29, 1.82) is 0 Å². The molecule has 2 aliphatic rings. The Balaban J connectivity index is 0.00000208. The maximum Gasteiger partial charge on any atom is 0.191 e. The second kappa shape index (κ2) is 9.97. The van der Waals surface area contributed by atoms with E-state index in [9.17, 15) is 0 Å². The number of aliphatic imine (C=N–C) groups is 1. The molecular weight excluding hydrogens is 431 g/mol. The Kier molecular flexibility index (Phi) is 8.30. The summed E-state index contributed by atoms with van der Waals surface area (Å²) in [5, 5.41) is 6.92. The van der Waals surface area contributed by atoms with Crippen LogP contribution in [0.15, 0.2) is 17.1 Å². The van der Waals surface area contributed by atoms with Crippen molar-refractivity contribution in [2.24, 2.45) is 10.9 Å². The van der Waals surface area contributed by atoms with Crippen LogP contribution < -0.4 is 10.6 Å². The molecule has 1 aliphatic carbocycles. The first-order valence-electron chi connectivity index (χ1n) is 9.12. The van der Waals surface area contributed by atoms with Gasteiger partial charge in [-0.2, -0.15) is 0 Å². The van der Waals surface area contributed by atoms with E-state index in [0.717, 1.165) is 44.0 Å². The molecule has 4 nitrogen and oxygen atoms in total. The van der Waals surface area contributed by atoms with Gasteiger partial charge in [0, 0.05) is 35.4 Å². The Morgan fingerprint density at radius 1 is 1.21 bits per heavy atom. The van der Waals surface area contributed by atoms with Crippen molar-refractivity contribution < 1.29 is 0 Å². The lowest BCUT2D eigenvalue weighted by molar-refractivity contribution is 0.314. The third-order valence-electron chi connectivity index (χ3n) is 4.74. The summed E-state index contributed by atoms with van der Waals surface area (Å²) in [6.45, 7) is 9.62. The maximum atomic E-state index is 4.75. The highest BCUT2D eigenvalue weighted by molar-refractivity contribution is 14.0. The summed E-state index contributed by atoms with van der Waals surface area (Å²) in [7, 11) is 0. The minimum absolute atomic E-state index is 0. The van der Waals surface area contributed by atoms with Gasteiger partial charge in [-0.25, -0.2) is 4.99 Å². The molecule has 0 aromatic carbocycles. The topological polar surface area (TPSA) is 39.7 Å². The number of halogens is 1. The molecular formula is C18H31IN4S. The Bertz CT molecular complexity index is 527. The first kappa shape index (κ1) is 20.0. The van der Waals surface area contributed by atoms with Crippen LogP contribution >= 0.6 is 35.3 Å². The van der Waals surface area contributed by atoms with Crippen molar-refractivity contribution in [2.45, 2.75) is 52.1 Å². The molecule has 1 aromatic rings. The van der Waals surface area contributed by atoms with E-state index in [1.165, 1.54) is 42.1 Å². The minimum atomic E-state index is 0. The van der Waals surface area contributed by atoms with Gasteiger partial charge < -0.3 is 15.5 Å². The molecule has 2 heterocycles. The fraction of sp³-hybridized carbons (Fsp3) is 0.722. The second-order valence-corrected chi connectivity index (χ2v) is 7.93. The average molecular weight is 462 g/mol. The summed E-state index contributed by atoms with van der Waals surface area (Å²) in [5.41, 5.74) is 0. The zero-order valence-corrected chi connectivity index (χ0v) is 18.0. The van der Waals surface area contributed by atoms with Gasteiger partial charge in [-0.1, -0.05) is 6.92 Å². The SMILES string of the molecule is CCNC(=NCc1ccc(CC)s1)NCC1CCN(C2CC2)C1.I. The summed E-state index contributed by atoms with van der Waals surface area (Å²) in [6, 6.07) is 5.34. The summed E-state index contributed by atoms with van der Waals surface area (Å²) >= 11 is 1.88. The Morgan fingerprint density at radius 3 is 2.67 bits per heavy atom. The van der Waals surface area contributed by atoms with Gasteiger partial charge in [0.25, 0.3) is 0 Å². The Labute approximate surface area is 167 Å². The van der Waals surface area contributed by atoms with Gasteiger partial charge in [0.15, 0.2) is 5.96 Å². The van der Waals surface area contributed by atoms with Crippen LogP contribution in [0.2, 0.25) is 0 Å². The molecule has 136 valence electrons. The van der Waals surface area contributed by atoms with Crippen LogP contribution in [-0.2, 0) is 13.0 Å². The highest BCUT2D eigenvalue weighted by Crippen LogP contribution is 2.31. The van der Waals surface area contributed by atoms with E-state index in [0.29, 0.717) is 0 Å². The lowest BCUT2D eigenvalue weighted by Gasteiger charge is -2.17. The summed E-state index contributed by atoms with van der Waals surface area (Å²) < 4.78 is 0.